The molecule has 0 radical (unpaired) electrons. The number of hydrogen-bond acceptors (Lipinski definition) is 4. The molecule has 2 aromatic carbocycles. The molecule has 24 heavy (non-hydrogen) atoms. The summed E-state index contributed by atoms with van der Waals surface area (Å²) in [5, 5.41) is 0.731. The fraction of sp³-hybridized carbons (Fsp3) is 0.333. The van der Waals surface area contributed by atoms with Gasteiger partial charge in [0.1, 0.15) is 0 Å². The van der Waals surface area contributed by atoms with Crippen molar-refractivity contribution in [2.24, 2.45) is 0 Å². The second kappa shape index (κ2) is 7.03. The van der Waals surface area contributed by atoms with Gasteiger partial charge in [-0.25, -0.2) is 8.42 Å². The summed E-state index contributed by atoms with van der Waals surface area (Å²) < 4.78 is 24.7. The zero-order chi connectivity index (χ0) is 17.2. The molecule has 0 amide bonds. The Labute approximate surface area is 148 Å². The molecular formula is C18H21ClN2O2S. The number of anilines is 2. The molecule has 0 atom stereocenters. The summed E-state index contributed by atoms with van der Waals surface area (Å²) in [4.78, 5) is 4.87. The first kappa shape index (κ1) is 17.1. The van der Waals surface area contributed by atoms with E-state index in [1.807, 2.05) is 30.3 Å². The zero-order valence-corrected chi connectivity index (χ0v) is 15.2. The Kier molecular flexibility index (Phi) is 5.01. The van der Waals surface area contributed by atoms with Gasteiger partial charge in [0, 0.05) is 36.9 Å². The lowest BCUT2D eigenvalue weighted by molar-refractivity contribution is 0.595. The maximum absolute atomic E-state index is 12.3. The maximum atomic E-state index is 12.3. The van der Waals surface area contributed by atoms with Crippen molar-refractivity contribution in [3.8, 4) is 0 Å². The molecule has 128 valence electrons. The van der Waals surface area contributed by atoms with Crippen molar-refractivity contribution >= 4 is 32.8 Å². The summed E-state index contributed by atoms with van der Waals surface area (Å²) in [6.45, 7) is 4.91. The van der Waals surface area contributed by atoms with Gasteiger partial charge in [-0.3, -0.25) is 0 Å². The highest BCUT2D eigenvalue weighted by atomic mass is 35.5. The van der Waals surface area contributed by atoms with E-state index in [2.05, 4.69) is 15.9 Å². The Bertz CT molecular complexity index is 815. The van der Waals surface area contributed by atoms with E-state index >= 15 is 0 Å². The fourth-order valence-electron chi connectivity index (χ4n) is 3.02. The van der Waals surface area contributed by atoms with Crippen molar-refractivity contribution in [3.63, 3.8) is 0 Å². The van der Waals surface area contributed by atoms with Gasteiger partial charge in [-0.05, 0) is 30.3 Å². The normalized spacial score (nSPS) is 15.6. The summed E-state index contributed by atoms with van der Waals surface area (Å²) >= 11 is 6.07. The van der Waals surface area contributed by atoms with Gasteiger partial charge in [-0.15, -0.1) is 0 Å². The molecule has 1 fully saturated rings. The molecule has 4 nitrogen and oxygen atoms in total. The number of rotatable bonds is 4. The Hall–Kier alpha value is -1.72. The van der Waals surface area contributed by atoms with E-state index in [4.69, 9.17) is 11.6 Å². The van der Waals surface area contributed by atoms with Crippen molar-refractivity contribution in [2.75, 3.05) is 41.7 Å². The Morgan fingerprint density at radius 2 is 1.62 bits per heavy atom. The molecule has 0 saturated carbocycles. The maximum Gasteiger partial charge on any atom is 0.180 e. The number of nitrogens with zero attached hydrogens (tertiary/aromatic N) is 2. The van der Waals surface area contributed by atoms with E-state index in [0.29, 0.717) is 4.90 Å². The molecule has 2 aromatic rings. The van der Waals surface area contributed by atoms with Gasteiger partial charge in [-0.2, -0.15) is 0 Å². The third-order valence-corrected chi connectivity index (χ3v) is 6.38. The van der Waals surface area contributed by atoms with Crippen molar-refractivity contribution < 1.29 is 8.42 Å². The number of piperazine rings is 1. The third kappa shape index (κ3) is 3.52. The first-order valence-electron chi connectivity index (χ1n) is 8.08. The number of benzene rings is 2. The Balaban J connectivity index is 1.78. The summed E-state index contributed by atoms with van der Waals surface area (Å²) in [5.41, 5.74) is 1.92. The average Bonchev–Trinajstić information content (AvgIpc) is 2.62. The fourth-order valence-corrected chi connectivity index (χ4v) is 4.31. The Morgan fingerprint density at radius 1 is 0.958 bits per heavy atom. The lowest BCUT2D eigenvalue weighted by atomic mass is 10.2. The molecule has 0 bridgehead atoms. The molecule has 1 aliphatic heterocycles. The Morgan fingerprint density at radius 3 is 2.29 bits per heavy atom. The van der Waals surface area contributed by atoms with Gasteiger partial charge < -0.3 is 9.80 Å². The summed E-state index contributed by atoms with van der Waals surface area (Å²) in [6.07, 6.45) is 0. The van der Waals surface area contributed by atoms with Gasteiger partial charge in [-0.1, -0.05) is 36.7 Å². The number of hydrogen-bond donors (Lipinski definition) is 0. The van der Waals surface area contributed by atoms with Crippen LogP contribution < -0.4 is 9.80 Å². The molecule has 0 N–H and O–H groups in total. The van der Waals surface area contributed by atoms with E-state index in [1.54, 1.807) is 19.1 Å². The van der Waals surface area contributed by atoms with Crippen molar-refractivity contribution in [1.82, 2.24) is 0 Å². The minimum atomic E-state index is -3.22. The molecule has 0 aromatic heterocycles. The highest BCUT2D eigenvalue weighted by Crippen LogP contribution is 2.28. The number of sulfone groups is 1. The van der Waals surface area contributed by atoms with Crippen molar-refractivity contribution in [3.05, 3.63) is 53.6 Å². The van der Waals surface area contributed by atoms with Crippen LogP contribution in [0.25, 0.3) is 0 Å². The molecular weight excluding hydrogens is 344 g/mol. The standard InChI is InChI=1S/C18H21ClN2O2S/c1-2-24(22,23)18-9-4-3-8-17(18)21-12-10-20(11-13-21)16-7-5-6-15(19)14-16/h3-9,14H,2,10-13H2,1H3. The predicted molar refractivity (Wildman–Crippen MR) is 100 cm³/mol. The third-order valence-electron chi connectivity index (χ3n) is 4.37. The minimum absolute atomic E-state index is 0.118. The van der Waals surface area contributed by atoms with Crippen LogP contribution in [0.1, 0.15) is 6.92 Å². The van der Waals surface area contributed by atoms with Crippen LogP contribution in [0.5, 0.6) is 0 Å². The highest BCUT2D eigenvalue weighted by molar-refractivity contribution is 7.91. The summed E-state index contributed by atoms with van der Waals surface area (Å²) in [5.74, 6) is 0.118. The van der Waals surface area contributed by atoms with Crippen LogP contribution in [0.15, 0.2) is 53.4 Å². The topological polar surface area (TPSA) is 40.6 Å². The van der Waals surface area contributed by atoms with E-state index in [9.17, 15) is 8.42 Å². The van der Waals surface area contributed by atoms with E-state index < -0.39 is 9.84 Å². The SMILES string of the molecule is CCS(=O)(=O)c1ccccc1N1CCN(c2cccc(Cl)c2)CC1. The lowest BCUT2D eigenvalue weighted by Gasteiger charge is -2.38. The zero-order valence-electron chi connectivity index (χ0n) is 13.7. The van der Waals surface area contributed by atoms with Crippen LogP contribution in [-0.2, 0) is 9.84 Å². The van der Waals surface area contributed by atoms with Crippen LogP contribution in [0, 0.1) is 0 Å². The lowest BCUT2D eigenvalue weighted by Crippen LogP contribution is -2.47. The van der Waals surface area contributed by atoms with E-state index in [-0.39, 0.29) is 5.75 Å². The average molecular weight is 365 g/mol. The summed E-state index contributed by atoms with van der Waals surface area (Å²) in [6, 6.07) is 15.1. The second-order valence-corrected chi connectivity index (χ2v) is 8.51. The molecule has 1 aliphatic rings. The number of para-hydroxylation sites is 1. The van der Waals surface area contributed by atoms with Gasteiger partial charge in [0.2, 0.25) is 0 Å². The monoisotopic (exact) mass is 364 g/mol. The first-order valence-corrected chi connectivity index (χ1v) is 10.1. The van der Waals surface area contributed by atoms with Crippen molar-refractivity contribution in [1.29, 1.82) is 0 Å². The van der Waals surface area contributed by atoms with Crippen LogP contribution in [0.4, 0.5) is 11.4 Å². The molecule has 0 unspecified atom stereocenters. The largest absolute Gasteiger partial charge is 0.368 e. The van der Waals surface area contributed by atoms with Crippen molar-refractivity contribution in [2.45, 2.75) is 11.8 Å². The van der Waals surface area contributed by atoms with Crippen LogP contribution >= 0.6 is 11.6 Å². The molecule has 6 heteroatoms. The molecule has 0 spiro atoms. The second-order valence-electron chi connectivity index (χ2n) is 5.83. The van der Waals surface area contributed by atoms with Crippen LogP contribution in [-0.4, -0.2) is 40.3 Å². The predicted octanol–water partition coefficient (Wildman–Crippen LogP) is 3.46. The van der Waals surface area contributed by atoms with Gasteiger partial charge in [0.05, 0.1) is 16.3 Å². The van der Waals surface area contributed by atoms with Gasteiger partial charge in [0.15, 0.2) is 9.84 Å². The van der Waals surface area contributed by atoms with Gasteiger partial charge in [0.25, 0.3) is 0 Å². The minimum Gasteiger partial charge on any atom is -0.368 e. The molecule has 3 rings (SSSR count). The van der Waals surface area contributed by atoms with Crippen LogP contribution in [0.2, 0.25) is 5.02 Å². The smallest absolute Gasteiger partial charge is 0.180 e. The quantitative estimate of drug-likeness (QED) is 0.833. The van der Waals surface area contributed by atoms with Crippen LogP contribution in [0.3, 0.4) is 0 Å². The molecule has 1 heterocycles. The van der Waals surface area contributed by atoms with Gasteiger partial charge >= 0.3 is 0 Å². The molecule has 1 saturated heterocycles. The summed E-state index contributed by atoms with van der Waals surface area (Å²) in [7, 11) is -3.22. The number of halogens is 1. The molecule has 0 aliphatic carbocycles. The first-order chi connectivity index (χ1) is 11.5. The highest BCUT2D eigenvalue weighted by Gasteiger charge is 2.23. The van der Waals surface area contributed by atoms with E-state index in [1.165, 1.54) is 0 Å². The van der Waals surface area contributed by atoms with E-state index in [0.717, 1.165) is 42.6 Å².